The van der Waals surface area contributed by atoms with Crippen LogP contribution in [0.4, 0.5) is 0 Å². The summed E-state index contributed by atoms with van der Waals surface area (Å²) < 4.78 is 4.70. The summed E-state index contributed by atoms with van der Waals surface area (Å²) in [6.07, 6.45) is 14.9. The number of aliphatic hydroxyl groups excluding tert-OH is 1. The van der Waals surface area contributed by atoms with Gasteiger partial charge in [-0.3, -0.25) is 0 Å². The number of allylic oxidation sites excluding steroid dienone is 6. The molecule has 1 heterocycles. The number of rotatable bonds is 9. The van der Waals surface area contributed by atoms with Gasteiger partial charge >= 0.3 is 5.97 Å². The number of aliphatic hydroxyl groups is 1. The van der Waals surface area contributed by atoms with Crippen molar-refractivity contribution in [3.63, 3.8) is 0 Å². The molecule has 2 rings (SSSR count). The van der Waals surface area contributed by atoms with Crippen molar-refractivity contribution in [3.8, 4) is 0 Å². The van der Waals surface area contributed by atoms with Crippen LogP contribution < -0.4 is 0 Å². The minimum absolute atomic E-state index is 0.375. The molecule has 28 heavy (non-hydrogen) atoms. The van der Waals surface area contributed by atoms with Crippen molar-refractivity contribution in [3.05, 3.63) is 46.1 Å². The van der Waals surface area contributed by atoms with Gasteiger partial charge in [0, 0.05) is 11.6 Å². The van der Waals surface area contributed by atoms with E-state index in [1.54, 1.807) is 11.1 Å². The fourth-order valence-corrected chi connectivity index (χ4v) is 4.42. The van der Waals surface area contributed by atoms with E-state index in [2.05, 4.69) is 46.8 Å². The largest absolute Gasteiger partial charge is 0.429 e. The van der Waals surface area contributed by atoms with Crippen LogP contribution in [-0.2, 0) is 9.53 Å². The Bertz CT molecular complexity index is 689. The Morgan fingerprint density at radius 1 is 1.18 bits per heavy atom. The molecule has 1 atom stereocenters. The van der Waals surface area contributed by atoms with E-state index in [0.29, 0.717) is 17.4 Å². The SMILES string of the molecule is CC1=C(CC/C(C)=C\CC/C(C)=C/CCC2=CC(=O)O[C@@H]2O)C(C)(C)CCC1. The van der Waals surface area contributed by atoms with Crippen molar-refractivity contribution >= 4 is 5.97 Å². The van der Waals surface area contributed by atoms with Crippen LogP contribution in [0, 0.1) is 5.41 Å². The smallest absolute Gasteiger partial charge is 0.333 e. The lowest BCUT2D eigenvalue weighted by Gasteiger charge is -2.35. The monoisotopic (exact) mass is 386 g/mol. The summed E-state index contributed by atoms with van der Waals surface area (Å²) >= 11 is 0. The molecular formula is C25H38O3. The normalized spacial score (nSPS) is 23.1. The Morgan fingerprint density at radius 3 is 2.50 bits per heavy atom. The van der Waals surface area contributed by atoms with Gasteiger partial charge in [-0.2, -0.15) is 0 Å². The molecule has 0 saturated heterocycles. The molecule has 0 aromatic rings. The molecule has 0 fully saturated rings. The van der Waals surface area contributed by atoms with Gasteiger partial charge < -0.3 is 9.84 Å². The summed E-state index contributed by atoms with van der Waals surface area (Å²) in [5.41, 5.74) is 7.21. The fraction of sp³-hybridized carbons (Fsp3) is 0.640. The lowest BCUT2D eigenvalue weighted by atomic mass is 9.71. The molecule has 3 heteroatoms. The zero-order valence-electron chi connectivity index (χ0n) is 18.4. The topological polar surface area (TPSA) is 46.5 Å². The molecule has 156 valence electrons. The van der Waals surface area contributed by atoms with Crippen molar-refractivity contribution in [1.29, 1.82) is 0 Å². The molecule has 0 spiro atoms. The third kappa shape index (κ3) is 6.77. The van der Waals surface area contributed by atoms with E-state index >= 15 is 0 Å². The molecule has 1 aliphatic carbocycles. The molecular weight excluding hydrogens is 348 g/mol. The molecule has 0 aromatic heterocycles. The average molecular weight is 387 g/mol. The van der Waals surface area contributed by atoms with Gasteiger partial charge in [0.15, 0.2) is 0 Å². The second-order valence-electron chi connectivity index (χ2n) is 9.18. The fourth-order valence-electron chi connectivity index (χ4n) is 4.42. The number of ether oxygens (including phenoxy) is 1. The van der Waals surface area contributed by atoms with E-state index < -0.39 is 12.3 Å². The summed E-state index contributed by atoms with van der Waals surface area (Å²) in [5, 5.41) is 9.58. The standard InChI is InChI=1S/C25H38O3/c1-18(11-7-13-21-17-23(26)28-24(21)27)9-6-10-19(2)14-15-22-20(3)12-8-16-25(22,4)5/h10-11,17,24,27H,6-9,12-16H2,1-5H3/b18-11+,19-10-/t24-/m0/s1. The van der Waals surface area contributed by atoms with Gasteiger partial charge in [-0.1, -0.05) is 48.3 Å². The van der Waals surface area contributed by atoms with Gasteiger partial charge in [0.05, 0.1) is 0 Å². The third-order valence-electron chi connectivity index (χ3n) is 6.26. The first kappa shape index (κ1) is 22.7. The van der Waals surface area contributed by atoms with Crippen LogP contribution in [0.3, 0.4) is 0 Å². The number of carbonyl (C=O) groups is 1. The quantitative estimate of drug-likeness (QED) is 0.361. The van der Waals surface area contributed by atoms with Crippen LogP contribution in [-0.4, -0.2) is 17.4 Å². The summed E-state index contributed by atoms with van der Waals surface area (Å²) in [5.74, 6) is -0.439. The Kier molecular flexibility index (Phi) is 8.30. The second kappa shape index (κ2) is 10.2. The molecule has 0 radical (unpaired) electrons. The van der Waals surface area contributed by atoms with Crippen LogP contribution in [0.5, 0.6) is 0 Å². The highest BCUT2D eigenvalue weighted by Gasteiger charge is 2.27. The molecule has 0 bridgehead atoms. The highest BCUT2D eigenvalue weighted by molar-refractivity contribution is 5.85. The lowest BCUT2D eigenvalue weighted by molar-refractivity contribution is -0.151. The third-order valence-corrected chi connectivity index (χ3v) is 6.26. The summed E-state index contributed by atoms with van der Waals surface area (Å²) in [7, 11) is 0. The van der Waals surface area contributed by atoms with Gasteiger partial charge in [-0.25, -0.2) is 4.79 Å². The maximum Gasteiger partial charge on any atom is 0.333 e. The average Bonchev–Trinajstić information content (AvgIpc) is 2.91. The predicted octanol–water partition coefficient (Wildman–Crippen LogP) is 6.55. The zero-order valence-corrected chi connectivity index (χ0v) is 18.4. The number of cyclic esters (lactones) is 1. The van der Waals surface area contributed by atoms with E-state index in [-0.39, 0.29) is 0 Å². The first-order valence-electron chi connectivity index (χ1n) is 10.8. The molecule has 0 unspecified atom stereocenters. The Balaban J connectivity index is 1.72. The molecule has 2 aliphatic rings. The lowest BCUT2D eigenvalue weighted by Crippen LogP contribution is -2.20. The van der Waals surface area contributed by atoms with E-state index in [1.165, 1.54) is 49.3 Å². The Hall–Kier alpha value is -1.61. The van der Waals surface area contributed by atoms with Crippen molar-refractivity contribution in [2.75, 3.05) is 0 Å². The second-order valence-corrected chi connectivity index (χ2v) is 9.18. The van der Waals surface area contributed by atoms with Gasteiger partial charge in [0.2, 0.25) is 6.29 Å². The van der Waals surface area contributed by atoms with Gasteiger partial charge in [-0.15, -0.1) is 0 Å². The zero-order chi connectivity index (χ0) is 20.7. The number of hydrogen-bond donors (Lipinski definition) is 1. The van der Waals surface area contributed by atoms with E-state index in [1.807, 2.05) is 0 Å². The maximum absolute atomic E-state index is 11.1. The molecule has 1 N–H and O–H groups in total. The molecule has 0 amide bonds. The Labute approximate surface area is 171 Å². The van der Waals surface area contributed by atoms with Crippen molar-refractivity contribution in [1.82, 2.24) is 0 Å². The van der Waals surface area contributed by atoms with E-state index in [9.17, 15) is 9.90 Å². The first-order valence-corrected chi connectivity index (χ1v) is 10.8. The highest BCUT2D eigenvalue weighted by Crippen LogP contribution is 2.42. The summed E-state index contributed by atoms with van der Waals surface area (Å²) in [6, 6.07) is 0. The highest BCUT2D eigenvalue weighted by atomic mass is 16.6. The van der Waals surface area contributed by atoms with Crippen LogP contribution in [0.1, 0.15) is 92.4 Å². The van der Waals surface area contributed by atoms with Gasteiger partial charge in [0.1, 0.15) is 0 Å². The molecule has 1 aliphatic heterocycles. The minimum atomic E-state index is -1.04. The molecule has 0 aromatic carbocycles. The maximum atomic E-state index is 11.1. The van der Waals surface area contributed by atoms with Gasteiger partial charge in [0.25, 0.3) is 0 Å². The van der Waals surface area contributed by atoms with Crippen LogP contribution in [0.15, 0.2) is 46.1 Å². The predicted molar refractivity (Wildman–Crippen MR) is 116 cm³/mol. The minimum Gasteiger partial charge on any atom is -0.429 e. The Morgan fingerprint density at radius 2 is 1.86 bits per heavy atom. The summed E-state index contributed by atoms with van der Waals surface area (Å²) in [4.78, 5) is 11.1. The number of hydrogen-bond acceptors (Lipinski definition) is 3. The van der Waals surface area contributed by atoms with Crippen LogP contribution in [0.25, 0.3) is 0 Å². The van der Waals surface area contributed by atoms with Gasteiger partial charge in [-0.05, 0) is 84.0 Å². The number of esters is 1. The van der Waals surface area contributed by atoms with E-state index in [0.717, 1.165) is 19.3 Å². The first-order chi connectivity index (χ1) is 13.2. The van der Waals surface area contributed by atoms with Crippen molar-refractivity contribution in [2.45, 2.75) is 98.7 Å². The molecule has 3 nitrogen and oxygen atoms in total. The number of carbonyl (C=O) groups excluding carboxylic acids is 1. The molecule has 0 saturated carbocycles. The van der Waals surface area contributed by atoms with Crippen molar-refractivity contribution in [2.24, 2.45) is 5.41 Å². The summed E-state index contributed by atoms with van der Waals surface area (Å²) in [6.45, 7) is 11.5. The van der Waals surface area contributed by atoms with E-state index in [4.69, 9.17) is 4.74 Å². The van der Waals surface area contributed by atoms with Crippen LogP contribution in [0.2, 0.25) is 0 Å². The van der Waals surface area contributed by atoms with Crippen molar-refractivity contribution < 1.29 is 14.6 Å². The van der Waals surface area contributed by atoms with Crippen LogP contribution >= 0.6 is 0 Å².